The van der Waals surface area contributed by atoms with E-state index in [0.717, 1.165) is 0 Å². The minimum absolute atomic E-state index is 0.0191. The van der Waals surface area contributed by atoms with Crippen molar-refractivity contribution in [2.45, 2.75) is 72.6 Å². The summed E-state index contributed by atoms with van der Waals surface area (Å²) in [5, 5.41) is 13.6. The maximum absolute atomic E-state index is 14.0. The maximum Gasteiger partial charge on any atom is 0.241 e. The zero-order valence-corrected chi connectivity index (χ0v) is 21.1. The van der Waals surface area contributed by atoms with Gasteiger partial charge in [0.2, 0.25) is 11.8 Å². The van der Waals surface area contributed by atoms with Crippen molar-refractivity contribution in [3.63, 3.8) is 0 Å². The van der Waals surface area contributed by atoms with Gasteiger partial charge in [-0.15, -0.1) is 0 Å². The number of hydrogen-bond donors (Lipinski definition) is 3. The summed E-state index contributed by atoms with van der Waals surface area (Å²) in [4.78, 5) is 28.9. The van der Waals surface area contributed by atoms with Crippen molar-refractivity contribution in [2.24, 2.45) is 17.1 Å². The molecule has 2 rings (SSSR count). The zero-order valence-electron chi connectivity index (χ0n) is 21.1. The molecule has 0 spiro atoms. The van der Waals surface area contributed by atoms with E-state index in [1.807, 2.05) is 39.5 Å². The number of carbonyl (C=O) groups is 2. The van der Waals surface area contributed by atoms with Crippen molar-refractivity contribution in [3.8, 4) is 0 Å². The zero-order chi connectivity index (χ0) is 25.1. The Morgan fingerprint density at radius 3 is 2.58 bits per heavy atom. The molecule has 0 radical (unpaired) electrons. The van der Waals surface area contributed by atoms with Gasteiger partial charge in [0, 0.05) is 48.4 Å². The van der Waals surface area contributed by atoms with Crippen molar-refractivity contribution >= 4 is 17.5 Å². The quantitative estimate of drug-likeness (QED) is 0.549. The molecule has 186 valence electrons. The fraction of sp³-hybridized carbons (Fsp3) is 0.680. The summed E-state index contributed by atoms with van der Waals surface area (Å²) in [6.45, 7) is 14.9. The van der Waals surface area contributed by atoms with Gasteiger partial charge in [-0.05, 0) is 44.7 Å². The van der Waals surface area contributed by atoms with E-state index in [4.69, 9.17) is 5.73 Å². The van der Waals surface area contributed by atoms with Crippen molar-refractivity contribution in [3.05, 3.63) is 29.6 Å². The van der Waals surface area contributed by atoms with Crippen molar-refractivity contribution in [2.75, 3.05) is 31.1 Å². The van der Waals surface area contributed by atoms with Gasteiger partial charge in [0.1, 0.15) is 5.82 Å². The van der Waals surface area contributed by atoms with E-state index in [1.54, 1.807) is 30.9 Å². The monoisotopic (exact) mass is 464 g/mol. The van der Waals surface area contributed by atoms with E-state index in [-0.39, 0.29) is 41.9 Å². The van der Waals surface area contributed by atoms with Crippen molar-refractivity contribution in [1.29, 1.82) is 0 Å². The first-order valence-electron chi connectivity index (χ1n) is 11.6. The Morgan fingerprint density at radius 1 is 1.33 bits per heavy atom. The number of amides is 2. The molecule has 7 nitrogen and oxygen atoms in total. The van der Waals surface area contributed by atoms with Crippen LogP contribution in [0.2, 0.25) is 0 Å². The molecular weight excluding hydrogens is 423 g/mol. The molecule has 1 aliphatic heterocycles. The minimum Gasteiger partial charge on any atom is -0.391 e. The highest BCUT2D eigenvalue weighted by molar-refractivity contribution is 5.96. The highest BCUT2D eigenvalue weighted by Gasteiger charge is 2.40. The second kappa shape index (κ2) is 10.5. The fourth-order valence-electron chi connectivity index (χ4n) is 4.00. The van der Waals surface area contributed by atoms with Gasteiger partial charge in [-0.1, -0.05) is 33.8 Å². The van der Waals surface area contributed by atoms with E-state index in [0.29, 0.717) is 30.9 Å². The molecule has 3 atom stereocenters. The topological polar surface area (TPSA) is 98.9 Å². The highest BCUT2D eigenvalue weighted by atomic mass is 19.1. The Balaban J connectivity index is 1.99. The molecule has 1 heterocycles. The number of nitrogens with zero attached hydrogens (tertiary/aromatic N) is 2. The smallest absolute Gasteiger partial charge is 0.241 e. The molecule has 0 saturated carbocycles. The van der Waals surface area contributed by atoms with Gasteiger partial charge in [-0.25, -0.2) is 4.39 Å². The normalized spacial score (nSPS) is 19.8. The first kappa shape index (κ1) is 27.2. The second-order valence-corrected chi connectivity index (χ2v) is 11.2. The van der Waals surface area contributed by atoms with E-state index >= 15 is 0 Å². The fourth-order valence-corrected chi connectivity index (χ4v) is 4.00. The molecule has 0 unspecified atom stereocenters. The van der Waals surface area contributed by atoms with Gasteiger partial charge in [0.05, 0.1) is 12.6 Å². The van der Waals surface area contributed by atoms with Crippen LogP contribution >= 0.6 is 0 Å². The molecular formula is C25H41FN4O3. The van der Waals surface area contributed by atoms with Gasteiger partial charge in [0.15, 0.2) is 0 Å². The van der Waals surface area contributed by atoms with Crippen LogP contribution in [0, 0.1) is 24.1 Å². The molecule has 0 aromatic heterocycles. The van der Waals surface area contributed by atoms with Crippen molar-refractivity contribution in [1.82, 2.24) is 10.2 Å². The molecule has 1 aromatic carbocycles. The van der Waals surface area contributed by atoms with Gasteiger partial charge in [0.25, 0.3) is 0 Å². The lowest BCUT2D eigenvalue weighted by Gasteiger charge is -2.48. The SMILES string of the molecule is Cc1c(F)cccc1N1CC(C)(C)N(C[C@H](N)[C@@H](O)C[C@@H](C)C(=O)NCC(C)(C)C)CC1=O. The van der Waals surface area contributed by atoms with Crippen LogP contribution < -0.4 is 16.0 Å². The molecule has 33 heavy (non-hydrogen) atoms. The number of carbonyl (C=O) groups excluding carboxylic acids is 2. The first-order valence-corrected chi connectivity index (χ1v) is 11.6. The molecule has 4 N–H and O–H groups in total. The molecule has 0 bridgehead atoms. The van der Waals surface area contributed by atoms with Gasteiger partial charge < -0.3 is 21.1 Å². The summed E-state index contributed by atoms with van der Waals surface area (Å²) >= 11 is 0. The van der Waals surface area contributed by atoms with Crippen LogP contribution in [-0.4, -0.2) is 65.7 Å². The summed E-state index contributed by atoms with van der Waals surface area (Å²) in [6.07, 6.45) is -0.636. The Hall–Kier alpha value is -2.03. The number of nitrogens with one attached hydrogen (secondary N) is 1. The Labute approximate surface area is 197 Å². The lowest BCUT2D eigenvalue weighted by molar-refractivity contribution is -0.126. The number of benzene rings is 1. The van der Waals surface area contributed by atoms with E-state index < -0.39 is 17.7 Å². The van der Waals surface area contributed by atoms with Crippen LogP contribution in [0.5, 0.6) is 0 Å². The summed E-state index contributed by atoms with van der Waals surface area (Å²) in [5.41, 5.74) is 6.87. The van der Waals surface area contributed by atoms with Gasteiger partial charge in [-0.3, -0.25) is 14.5 Å². The Bertz CT molecular complexity index is 853. The number of hydrogen-bond acceptors (Lipinski definition) is 5. The molecule has 1 aliphatic rings. The van der Waals surface area contributed by atoms with Crippen LogP contribution in [0.15, 0.2) is 18.2 Å². The summed E-state index contributed by atoms with van der Waals surface area (Å²) in [6, 6.07) is 4.13. The number of anilines is 1. The number of aliphatic hydroxyl groups excluding tert-OH is 1. The lowest BCUT2D eigenvalue weighted by atomic mass is 9.93. The highest BCUT2D eigenvalue weighted by Crippen LogP contribution is 2.30. The molecule has 1 aromatic rings. The van der Waals surface area contributed by atoms with E-state index in [2.05, 4.69) is 5.32 Å². The third kappa shape index (κ3) is 7.22. The summed E-state index contributed by atoms with van der Waals surface area (Å²) in [5.74, 6) is -0.965. The average Bonchev–Trinajstić information content (AvgIpc) is 2.70. The number of halogens is 1. The minimum atomic E-state index is -0.880. The largest absolute Gasteiger partial charge is 0.391 e. The van der Waals surface area contributed by atoms with Crippen LogP contribution in [0.1, 0.15) is 53.5 Å². The third-order valence-electron chi connectivity index (χ3n) is 6.32. The first-order chi connectivity index (χ1) is 15.1. The van der Waals surface area contributed by atoms with Gasteiger partial charge in [-0.2, -0.15) is 0 Å². The molecule has 2 amide bonds. The second-order valence-electron chi connectivity index (χ2n) is 11.2. The predicted octanol–water partition coefficient (Wildman–Crippen LogP) is 2.44. The van der Waals surface area contributed by atoms with E-state index in [9.17, 15) is 19.1 Å². The number of piperazine rings is 1. The predicted molar refractivity (Wildman–Crippen MR) is 129 cm³/mol. The maximum atomic E-state index is 14.0. The van der Waals surface area contributed by atoms with E-state index in [1.165, 1.54) is 6.07 Å². The van der Waals surface area contributed by atoms with Crippen LogP contribution in [0.25, 0.3) is 0 Å². The summed E-state index contributed by atoms with van der Waals surface area (Å²) < 4.78 is 14.0. The third-order valence-corrected chi connectivity index (χ3v) is 6.32. The lowest BCUT2D eigenvalue weighted by Crippen LogP contribution is -2.64. The number of nitrogens with two attached hydrogens (primary N) is 1. The number of rotatable bonds is 8. The van der Waals surface area contributed by atoms with Gasteiger partial charge >= 0.3 is 0 Å². The Morgan fingerprint density at radius 2 is 1.97 bits per heavy atom. The van der Waals surface area contributed by atoms with Crippen molar-refractivity contribution < 1.29 is 19.1 Å². The standard InChI is InChI=1S/C25H41FN4O3/c1-16(23(33)28-14-24(3,4)5)11-21(31)19(27)12-29-13-22(32)30(15-25(29,6)7)20-10-8-9-18(26)17(20)2/h8-10,16,19,21,31H,11-15,27H2,1-7H3,(H,28,33)/t16-,19+,21+/m1/s1. The van der Waals surface area contributed by atoms with Crippen LogP contribution in [0.4, 0.5) is 10.1 Å². The molecule has 8 heteroatoms. The average molecular weight is 465 g/mol. The molecule has 1 saturated heterocycles. The molecule has 0 aliphatic carbocycles. The Kier molecular flexibility index (Phi) is 8.65. The summed E-state index contributed by atoms with van der Waals surface area (Å²) in [7, 11) is 0. The van der Waals surface area contributed by atoms with Crippen LogP contribution in [0.3, 0.4) is 0 Å². The number of aliphatic hydroxyl groups is 1. The van der Waals surface area contributed by atoms with Crippen LogP contribution in [-0.2, 0) is 9.59 Å². The molecule has 1 fully saturated rings.